The Balaban J connectivity index is 1.71. The summed E-state index contributed by atoms with van der Waals surface area (Å²) in [7, 11) is 0. The number of hydrogen-bond acceptors (Lipinski definition) is 4. The van der Waals surface area contributed by atoms with Gasteiger partial charge in [0.25, 0.3) is 0 Å². The molecule has 1 aliphatic heterocycles. The molecule has 1 aromatic carbocycles. The Hall–Kier alpha value is -1.79. The molecule has 1 aliphatic rings. The highest BCUT2D eigenvalue weighted by Crippen LogP contribution is 2.33. The maximum atomic E-state index is 13.4. The number of thiazole rings is 1. The Morgan fingerprint density at radius 1 is 1.38 bits per heavy atom. The lowest BCUT2D eigenvalue weighted by Gasteiger charge is -2.23. The number of piperidine rings is 1. The van der Waals surface area contributed by atoms with E-state index in [1.165, 1.54) is 28.3 Å². The van der Waals surface area contributed by atoms with Crippen molar-refractivity contribution in [2.75, 3.05) is 18.4 Å². The minimum Gasteiger partial charge on any atom is -0.317 e. The van der Waals surface area contributed by atoms with Crippen molar-refractivity contribution in [3.63, 3.8) is 0 Å². The fourth-order valence-electron chi connectivity index (χ4n) is 2.90. The quantitative estimate of drug-likeness (QED) is 0.887. The highest BCUT2D eigenvalue weighted by atomic mass is 32.1. The van der Waals surface area contributed by atoms with E-state index in [4.69, 9.17) is 0 Å². The predicted molar refractivity (Wildman–Crippen MR) is 95.0 cm³/mol. The molecule has 4 nitrogen and oxygen atoms in total. The van der Waals surface area contributed by atoms with Crippen LogP contribution in [0.25, 0.3) is 0 Å². The number of carbonyl (C=O) groups excluding carboxylic acids is 1. The van der Waals surface area contributed by atoms with Crippen molar-refractivity contribution in [1.29, 1.82) is 0 Å². The van der Waals surface area contributed by atoms with Gasteiger partial charge in [-0.25, -0.2) is 9.37 Å². The first-order valence-electron chi connectivity index (χ1n) is 8.21. The molecule has 24 heavy (non-hydrogen) atoms. The van der Waals surface area contributed by atoms with Crippen LogP contribution in [0, 0.1) is 5.82 Å². The van der Waals surface area contributed by atoms with E-state index in [2.05, 4.69) is 15.6 Å². The molecule has 1 amide bonds. The molecule has 0 radical (unpaired) electrons. The van der Waals surface area contributed by atoms with Crippen LogP contribution in [0.4, 0.5) is 9.52 Å². The molecule has 0 saturated carbocycles. The third-order valence-corrected chi connectivity index (χ3v) is 5.67. The summed E-state index contributed by atoms with van der Waals surface area (Å²) in [5.41, 5.74) is -0.182. The molecule has 1 aromatic heterocycles. The maximum absolute atomic E-state index is 13.4. The summed E-state index contributed by atoms with van der Waals surface area (Å²) in [5.74, 6) is 0.000704. The molecule has 2 N–H and O–H groups in total. The van der Waals surface area contributed by atoms with E-state index in [1.54, 1.807) is 26.0 Å². The molecular formula is C18H22FN3OS. The van der Waals surface area contributed by atoms with Crippen LogP contribution in [0.2, 0.25) is 0 Å². The van der Waals surface area contributed by atoms with Crippen LogP contribution >= 0.6 is 11.3 Å². The van der Waals surface area contributed by atoms with Crippen LogP contribution in [0.15, 0.2) is 30.5 Å². The Morgan fingerprint density at radius 3 is 2.83 bits per heavy atom. The van der Waals surface area contributed by atoms with Gasteiger partial charge in [-0.05, 0) is 63.4 Å². The Bertz CT molecular complexity index is 723. The number of nitrogens with zero attached hydrogens (tertiary/aromatic N) is 1. The first-order chi connectivity index (χ1) is 11.5. The molecule has 128 valence electrons. The van der Waals surface area contributed by atoms with Gasteiger partial charge in [-0.3, -0.25) is 4.79 Å². The fraction of sp³-hybridized carbons (Fsp3) is 0.444. The second kappa shape index (κ2) is 6.99. The van der Waals surface area contributed by atoms with Crippen molar-refractivity contribution in [1.82, 2.24) is 10.3 Å². The molecule has 2 heterocycles. The van der Waals surface area contributed by atoms with Crippen LogP contribution in [0.3, 0.4) is 0 Å². The van der Waals surface area contributed by atoms with Gasteiger partial charge in [-0.1, -0.05) is 12.1 Å². The number of amides is 1. The van der Waals surface area contributed by atoms with Gasteiger partial charge >= 0.3 is 0 Å². The van der Waals surface area contributed by atoms with E-state index in [0.717, 1.165) is 25.9 Å². The number of anilines is 1. The molecule has 1 fully saturated rings. The third-order valence-electron chi connectivity index (χ3n) is 4.60. The van der Waals surface area contributed by atoms with E-state index < -0.39 is 5.41 Å². The molecule has 6 heteroatoms. The molecular weight excluding hydrogens is 325 g/mol. The first-order valence-corrected chi connectivity index (χ1v) is 9.02. The number of halogens is 1. The summed E-state index contributed by atoms with van der Waals surface area (Å²) in [5, 5.41) is 6.85. The summed E-state index contributed by atoms with van der Waals surface area (Å²) in [6.07, 6.45) is 4.07. The molecule has 0 bridgehead atoms. The average molecular weight is 347 g/mol. The van der Waals surface area contributed by atoms with E-state index >= 15 is 0 Å². The van der Waals surface area contributed by atoms with Crippen molar-refractivity contribution in [2.24, 2.45) is 0 Å². The van der Waals surface area contributed by atoms with Crippen molar-refractivity contribution in [2.45, 2.75) is 38.0 Å². The monoisotopic (exact) mass is 347 g/mol. The van der Waals surface area contributed by atoms with Gasteiger partial charge in [-0.2, -0.15) is 0 Å². The van der Waals surface area contributed by atoms with Crippen molar-refractivity contribution in [3.8, 4) is 0 Å². The number of rotatable bonds is 4. The Morgan fingerprint density at radius 2 is 2.12 bits per heavy atom. The van der Waals surface area contributed by atoms with E-state index in [9.17, 15) is 9.18 Å². The van der Waals surface area contributed by atoms with Crippen LogP contribution < -0.4 is 10.6 Å². The van der Waals surface area contributed by atoms with Gasteiger partial charge in [0.1, 0.15) is 5.82 Å². The average Bonchev–Trinajstić information content (AvgIpc) is 3.04. The van der Waals surface area contributed by atoms with Gasteiger partial charge in [-0.15, -0.1) is 11.3 Å². The number of benzene rings is 1. The number of aromatic nitrogens is 1. The summed E-state index contributed by atoms with van der Waals surface area (Å²) in [6.45, 7) is 5.63. The molecule has 0 spiro atoms. The van der Waals surface area contributed by atoms with Gasteiger partial charge in [0.2, 0.25) is 5.91 Å². The third kappa shape index (κ3) is 3.65. The van der Waals surface area contributed by atoms with E-state index in [1.807, 2.05) is 6.20 Å². The fourth-order valence-corrected chi connectivity index (χ4v) is 3.88. The van der Waals surface area contributed by atoms with Crippen molar-refractivity contribution in [3.05, 3.63) is 46.7 Å². The predicted octanol–water partition coefficient (Wildman–Crippen LogP) is 3.67. The smallest absolute Gasteiger partial charge is 0.236 e. The van der Waals surface area contributed by atoms with Crippen molar-refractivity contribution >= 4 is 22.4 Å². The zero-order valence-electron chi connectivity index (χ0n) is 13.9. The number of nitrogens with one attached hydrogen (secondary N) is 2. The van der Waals surface area contributed by atoms with Crippen molar-refractivity contribution < 1.29 is 9.18 Å². The highest BCUT2D eigenvalue weighted by molar-refractivity contribution is 7.15. The zero-order valence-corrected chi connectivity index (χ0v) is 14.8. The first kappa shape index (κ1) is 17.0. The summed E-state index contributed by atoms with van der Waals surface area (Å²) in [6, 6.07) is 6.18. The SMILES string of the molecule is CC(C)(C(=O)Nc1ncc(C2CCNCC2)s1)c1cccc(F)c1. The summed E-state index contributed by atoms with van der Waals surface area (Å²) >= 11 is 1.54. The lowest BCUT2D eigenvalue weighted by atomic mass is 9.84. The molecule has 0 unspecified atom stereocenters. The minimum atomic E-state index is -0.831. The largest absolute Gasteiger partial charge is 0.317 e. The Kier molecular flexibility index (Phi) is 4.96. The van der Waals surface area contributed by atoms with Crippen LogP contribution in [0.5, 0.6) is 0 Å². The molecule has 0 aliphatic carbocycles. The normalized spacial score (nSPS) is 16.1. The molecule has 1 saturated heterocycles. The van der Waals surface area contributed by atoms with Gasteiger partial charge in [0.05, 0.1) is 5.41 Å². The lowest BCUT2D eigenvalue weighted by Crippen LogP contribution is -2.34. The van der Waals surface area contributed by atoms with Gasteiger partial charge in [0.15, 0.2) is 5.13 Å². The summed E-state index contributed by atoms with van der Waals surface area (Å²) < 4.78 is 13.4. The number of hydrogen-bond donors (Lipinski definition) is 2. The highest BCUT2D eigenvalue weighted by Gasteiger charge is 2.31. The molecule has 2 aromatic rings. The van der Waals surface area contributed by atoms with Gasteiger partial charge in [0, 0.05) is 11.1 Å². The lowest BCUT2D eigenvalue weighted by molar-refractivity contribution is -0.120. The molecule has 3 rings (SSSR count). The minimum absolute atomic E-state index is 0.181. The van der Waals surface area contributed by atoms with Crippen LogP contribution in [-0.2, 0) is 10.2 Å². The number of carbonyl (C=O) groups is 1. The second-order valence-electron chi connectivity index (χ2n) is 6.68. The van der Waals surface area contributed by atoms with E-state index in [0.29, 0.717) is 16.6 Å². The molecule has 0 atom stereocenters. The standard InChI is InChI=1S/C18H22FN3OS/c1-18(2,13-4-3-5-14(19)10-13)16(23)22-17-21-11-15(24-17)12-6-8-20-9-7-12/h3-5,10-12,20H,6-9H2,1-2H3,(H,21,22,23). The zero-order chi connectivity index (χ0) is 17.2. The van der Waals surface area contributed by atoms with Gasteiger partial charge < -0.3 is 10.6 Å². The topological polar surface area (TPSA) is 54.0 Å². The Labute approximate surface area is 145 Å². The summed E-state index contributed by atoms with van der Waals surface area (Å²) in [4.78, 5) is 18.2. The maximum Gasteiger partial charge on any atom is 0.236 e. The van der Waals surface area contributed by atoms with Crippen LogP contribution in [-0.4, -0.2) is 24.0 Å². The van der Waals surface area contributed by atoms with E-state index in [-0.39, 0.29) is 11.7 Å². The second-order valence-corrected chi connectivity index (χ2v) is 7.74. The van der Waals surface area contributed by atoms with Crippen LogP contribution in [0.1, 0.15) is 43.0 Å².